The number of hydrogen-bond donors (Lipinski definition) is 1. The molecule has 0 aliphatic heterocycles. The van der Waals surface area contributed by atoms with E-state index in [2.05, 4.69) is 29.2 Å². The number of para-hydroxylation sites is 1. The van der Waals surface area contributed by atoms with E-state index in [-0.39, 0.29) is 5.82 Å². The van der Waals surface area contributed by atoms with Crippen LogP contribution in [-0.2, 0) is 0 Å². The summed E-state index contributed by atoms with van der Waals surface area (Å²) in [5, 5.41) is 8.60. The van der Waals surface area contributed by atoms with Gasteiger partial charge in [-0.05, 0) is 43.2 Å². The van der Waals surface area contributed by atoms with Gasteiger partial charge >= 0.3 is 0 Å². The molecule has 2 aromatic heterocycles. The quantitative estimate of drug-likeness (QED) is 0.430. The average Bonchev–Trinajstić information content (AvgIpc) is 3.19. The van der Waals surface area contributed by atoms with Crippen LogP contribution in [0.1, 0.15) is 26.7 Å². The molecule has 0 fully saturated rings. The Morgan fingerprint density at radius 1 is 0.967 bits per heavy atom. The summed E-state index contributed by atoms with van der Waals surface area (Å²) in [6, 6.07) is 16.2. The summed E-state index contributed by atoms with van der Waals surface area (Å²) in [5.41, 5.74) is 2.26. The maximum absolute atomic E-state index is 13.7. The first kappa shape index (κ1) is 19.8. The summed E-state index contributed by atoms with van der Waals surface area (Å²) in [7, 11) is 0. The second-order valence-corrected chi connectivity index (χ2v) is 7.12. The second-order valence-electron chi connectivity index (χ2n) is 7.12. The molecule has 4 rings (SSSR count). The summed E-state index contributed by atoms with van der Waals surface area (Å²) in [6.07, 6.45) is 3.73. The summed E-state index contributed by atoms with van der Waals surface area (Å²) in [6.45, 7) is 6.00. The number of benzene rings is 2. The molecular weight excluding hydrogens is 379 g/mol. The highest BCUT2D eigenvalue weighted by atomic mass is 19.1. The van der Waals surface area contributed by atoms with Gasteiger partial charge < -0.3 is 10.2 Å². The minimum Gasteiger partial charge on any atom is -0.341 e. The van der Waals surface area contributed by atoms with Gasteiger partial charge in [-0.1, -0.05) is 38.1 Å². The SMILES string of the molecule is CCCN(CCC)c1nc(Nc2cccc(F)c2)c2cnn(-c3ccccc3)c2n1. The number of anilines is 3. The van der Waals surface area contributed by atoms with E-state index in [0.717, 1.165) is 37.0 Å². The molecule has 6 nitrogen and oxygen atoms in total. The van der Waals surface area contributed by atoms with Crippen LogP contribution in [0.3, 0.4) is 0 Å². The van der Waals surface area contributed by atoms with Crippen molar-refractivity contribution >= 4 is 28.5 Å². The number of aromatic nitrogens is 4. The zero-order valence-corrected chi connectivity index (χ0v) is 17.2. The molecule has 0 bridgehead atoms. The van der Waals surface area contributed by atoms with Crippen LogP contribution < -0.4 is 10.2 Å². The fraction of sp³-hybridized carbons (Fsp3) is 0.261. The molecule has 0 saturated carbocycles. The molecule has 0 unspecified atom stereocenters. The smallest absolute Gasteiger partial charge is 0.229 e. The van der Waals surface area contributed by atoms with E-state index in [9.17, 15) is 4.39 Å². The van der Waals surface area contributed by atoms with Gasteiger partial charge in [-0.3, -0.25) is 0 Å². The largest absolute Gasteiger partial charge is 0.341 e. The van der Waals surface area contributed by atoms with E-state index in [1.807, 2.05) is 41.1 Å². The van der Waals surface area contributed by atoms with Gasteiger partial charge in [-0.25, -0.2) is 9.07 Å². The van der Waals surface area contributed by atoms with Gasteiger partial charge in [0.1, 0.15) is 11.6 Å². The number of hydrogen-bond acceptors (Lipinski definition) is 5. The Morgan fingerprint density at radius 3 is 2.43 bits per heavy atom. The molecule has 0 aliphatic carbocycles. The zero-order valence-electron chi connectivity index (χ0n) is 17.2. The third-order valence-corrected chi connectivity index (χ3v) is 4.77. The number of halogens is 1. The van der Waals surface area contributed by atoms with Crippen molar-refractivity contribution in [1.82, 2.24) is 19.7 Å². The lowest BCUT2D eigenvalue weighted by Crippen LogP contribution is -2.27. The van der Waals surface area contributed by atoms with E-state index in [1.54, 1.807) is 12.3 Å². The van der Waals surface area contributed by atoms with Crippen LogP contribution in [0.4, 0.5) is 21.8 Å². The minimum atomic E-state index is -0.302. The predicted molar refractivity (Wildman–Crippen MR) is 119 cm³/mol. The first-order valence-corrected chi connectivity index (χ1v) is 10.3. The highest BCUT2D eigenvalue weighted by Crippen LogP contribution is 2.28. The van der Waals surface area contributed by atoms with Crippen LogP contribution in [0.5, 0.6) is 0 Å². The van der Waals surface area contributed by atoms with Gasteiger partial charge in [-0.15, -0.1) is 0 Å². The Kier molecular flexibility index (Phi) is 5.88. The molecule has 1 N–H and O–H groups in total. The van der Waals surface area contributed by atoms with E-state index >= 15 is 0 Å². The summed E-state index contributed by atoms with van der Waals surface area (Å²) in [4.78, 5) is 11.8. The van der Waals surface area contributed by atoms with Crippen LogP contribution in [0.15, 0.2) is 60.8 Å². The van der Waals surface area contributed by atoms with Crippen molar-refractivity contribution in [3.8, 4) is 5.69 Å². The Hall–Kier alpha value is -3.48. The van der Waals surface area contributed by atoms with Crippen molar-refractivity contribution in [2.75, 3.05) is 23.3 Å². The highest BCUT2D eigenvalue weighted by Gasteiger charge is 2.17. The number of rotatable bonds is 8. The van der Waals surface area contributed by atoms with Crippen LogP contribution in [0.2, 0.25) is 0 Å². The first-order valence-electron chi connectivity index (χ1n) is 10.3. The highest BCUT2D eigenvalue weighted by molar-refractivity contribution is 5.90. The van der Waals surface area contributed by atoms with E-state index < -0.39 is 0 Å². The Balaban J connectivity index is 1.87. The van der Waals surface area contributed by atoms with Crippen LogP contribution in [0.25, 0.3) is 16.7 Å². The van der Waals surface area contributed by atoms with E-state index in [1.165, 1.54) is 12.1 Å². The maximum Gasteiger partial charge on any atom is 0.229 e. The molecule has 0 atom stereocenters. The fourth-order valence-corrected chi connectivity index (χ4v) is 3.45. The predicted octanol–water partition coefficient (Wildman–Crippen LogP) is 5.32. The van der Waals surface area contributed by atoms with Crippen molar-refractivity contribution in [1.29, 1.82) is 0 Å². The normalized spacial score (nSPS) is 11.0. The number of fused-ring (bicyclic) bond motifs is 1. The topological polar surface area (TPSA) is 58.9 Å². The molecule has 0 spiro atoms. The molecule has 0 amide bonds. The number of nitrogens with one attached hydrogen (secondary N) is 1. The molecule has 7 heteroatoms. The van der Waals surface area contributed by atoms with Gasteiger partial charge in [0.05, 0.1) is 17.3 Å². The lowest BCUT2D eigenvalue weighted by Gasteiger charge is -2.22. The summed E-state index contributed by atoms with van der Waals surface area (Å²) >= 11 is 0. The third-order valence-electron chi connectivity index (χ3n) is 4.77. The van der Waals surface area contributed by atoms with Crippen LogP contribution >= 0.6 is 0 Å². The van der Waals surface area contributed by atoms with E-state index in [0.29, 0.717) is 23.1 Å². The van der Waals surface area contributed by atoms with Gasteiger partial charge in [0.15, 0.2) is 5.65 Å². The number of nitrogens with zero attached hydrogens (tertiary/aromatic N) is 5. The molecular formula is C23H25FN6. The molecule has 2 aromatic carbocycles. The van der Waals surface area contributed by atoms with Gasteiger partial charge in [0.25, 0.3) is 0 Å². The average molecular weight is 404 g/mol. The van der Waals surface area contributed by atoms with Crippen LogP contribution in [-0.4, -0.2) is 32.8 Å². The summed E-state index contributed by atoms with van der Waals surface area (Å²) < 4.78 is 15.5. The van der Waals surface area contributed by atoms with Crippen molar-refractivity contribution in [2.45, 2.75) is 26.7 Å². The van der Waals surface area contributed by atoms with Gasteiger partial charge in [0.2, 0.25) is 5.95 Å². The monoisotopic (exact) mass is 404 g/mol. The standard InChI is InChI=1S/C23H25FN6/c1-3-13-29(14-4-2)23-27-21(26-18-10-8-9-17(24)15-18)20-16-25-30(22(20)28-23)19-11-6-5-7-12-19/h5-12,15-16H,3-4,13-14H2,1-2H3,(H,26,27,28). The zero-order chi connectivity index (χ0) is 20.9. The third kappa shape index (κ3) is 4.10. The fourth-order valence-electron chi connectivity index (χ4n) is 3.45. The maximum atomic E-state index is 13.7. The van der Waals surface area contributed by atoms with Crippen molar-refractivity contribution in [3.05, 3.63) is 66.6 Å². The molecule has 4 aromatic rings. The molecule has 2 heterocycles. The van der Waals surface area contributed by atoms with Crippen LogP contribution in [0, 0.1) is 5.82 Å². The van der Waals surface area contributed by atoms with Crippen molar-refractivity contribution < 1.29 is 4.39 Å². The molecule has 154 valence electrons. The van der Waals surface area contributed by atoms with Crippen molar-refractivity contribution in [2.24, 2.45) is 0 Å². The molecule has 0 aliphatic rings. The van der Waals surface area contributed by atoms with Gasteiger partial charge in [0, 0.05) is 18.8 Å². The lowest BCUT2D eigenvalue weighted by atomic mass is 10.3. The Bertz CT molecular complexity index is 1120. The molecule has 0 saturated heterocycles. The van der Waals surface area contributed by atoms with Crippen molar-refractivity contribution in [3.63, 3.8) is 0 Å². The lowest BCUT2D eigenvalue weighted by molar-refractivity contribution is 0.628. The Morgan fingerprint density at radius 2 is 1.73 bits per heavy atom. The van der Waals surface area contributed by atoms with E-state index in [4.69, 9.17) is 9.97 Å². The molecule has 0 radical (unpaired) electrons. The molecule has 30 heavy (non-hydrogen) atoms. The Labute approximate surface area is 175 Å². The van der Waals surface area contributed by atoms with Gasteiger partial charge in [-0.2, -0.15) is 15.1 Å². The minimum absolute atomic E-state index is 0.302. The first-order chi connectivity index (χ1) is 14.7. The second kappa shape index (κ2) is 8.90. The summed E-state index contributed by atoms with van der Waals surface area (Å²) in [5.74, 6) is 0.951.